The van der Waals surface area contributed by atoms with Gasteiger partial charge in [0.2, 0.25) is 10.0 Å². The summed E-state index contributed by atoms with van der Waals surface area (Å²) in [5, 5.41) is 0. The number of hydrogen-bond donors (Lipinski definition) is 1. The normalized spacial score (nSPS) is 27.8. The Hall–Kier alpha value is 0.120. The van der Waals surface area contributed by atoms with Crippen LogP contribution in [0.15, 0.2) is 0 Å². The summed E-state index contributed by atoms with van der Waals surface area (Å²) >= 11 is 0. The fourth-order valence-corrected chi connectivity index (χ4v) is 3.67. The van der Waals surface area contributed by atoms with Gasteiger partial charge in [-0.25, -0.2) is 12.7 Å². The van der Waals surface area contributed by atoms with Gasteiger partial charge >= 0.3 is 0 Å². The van der Waals surface area contributed by atoms with Gasteiger partial charge in [0.1, 0.15) is 0 Å². The molecule has 0 spiro atoms. The van der Waals surface area contributed by atoms with E-state index in [0.717, 1.165) is 6.42 Å². The lowest BCUT2D eigenvalue weighted by atomic mass is 9.90. The Labute approximate surface area is 110 Å². The molecule has 0 aromatic rings. The second-order valence-electron chi connectivity index (χ2n) is 4.92. The topological polar surface area (TPSA) is 72.6 Å². The highest BCUT2D eigenvalue weighted by Crippen LogP contribution is 2.30. The van der Waals surface area contributed by atoms with Crippen LogP contribution in [0.4, 0.5) is 0 Å². The molecule has 2 atom stereocenters. The van der Waals surface area contributed by atoms with E-state index in [4.69, 9.17) is 10.5 Å². The molecule has 0 radical (unpaired) electrons. The summed E-state index contributed by atoms with van der Waals surface area (Å²) in [5.41, 5.74) is 5.59. The SMILES string of the molecule is COC(C)CS(=O)(=O)N1CCC(C)(CN)C1.Cl. The lowest BCUT2D eigenvalue weighted by Gasteiger charge is -2.23. The third kappa shape index (κ3) is 4.37. The molecule has 1 saturated heterocycles. The molecule has 7 heteroatoms. The summed E-state index contributed by atoms with van der Waals surface area (Å²) in [6.45, 7) is 5.42. The van der Waals surface area contributed by atoms with Crippen molar-refractivity contribution >= 4 is 22.4 Å². The molecular weight excluding hydrogens is 264 g/mol. The van der Waals surface area contributed by atoms with Gasteiger partial charge < -0.3 is 10.5 Å². The summed E-state index contributed by atoms with van der Waals surface area (Å²) in [6.07, 6.45) is 0.569. The quantitative estimate of drug-likeness (QED) is 0.796. The maximum Gasteiger partial charge on any atom is 0.216 e. The zero-order valence-corrected chi connectivity index (χ0v) is 12.3. The average Bonchev–Trinajstić information content (AvgIpc) is 2.62. The van der Waals surface area contributed by atoms with Crippen LogP contribution in [0, 0.1) is 5.41 Å². The molecule has 0 aliphatic carbocycles. The van der Waals surface area contributed by atoms with Crippen molar-refractivity contribution in [1.29, 1.82) is 0 Å². The highest BCUT2D eigenvalue weighted by atomic mass is 35.5. The van der Waals surface area contributed by atoms with Crippen molar-refractivity contribution in [1.82, 2.24) is 4.31 Å². The molecule has 0 saturated carbocycles. The summed E-state index contributed by atoms with van der Waals surface area (Å²) in [7, 11) is -1.68. The van der Waals surface area contributed by atoms with Crippen molar-refractivity contribution in [2.75, 3.05) is 32.5 Å². The Bertz CT molecular complexity index is 336. The maximum atomic E-state index is 12.0. The van der Waals surface area contributed by atoms with Crippen molar-refractivity contribution < 1.29 is 13.2 Å². The predicted molar refractivity (Wildman–Crippen MR) is 70.9 cm³/mol. The largest absolute Gasteiger partial charge is 0.381 e. The van der Waals surface area contributed by atoms with Crippen molar-refractivity contribution in [2.24, 2.45) is 11.1 Å². The minimum atomic E-state index is -3.20. The van der Waals surface area contributed by atoms with Crippen LogP contribution in [-0.4, -0.2) is 51.3 Å². The van der Waals surface area contributed by atoms with Gasteiger partial charge in [-0.3, -0.25) is 0 Å². The van der Waals surface area contributed by atoms with Gasteiger partial charge in [0.25, 0.3) is 0 Å². The number of sulfonamides is 1. The first-order chi connectivity index (χ1) is 7.33. The van der Waals surface area contributed by atoms with Crippen LogP contribution in [0.25, 0.3) is 0 Å². The highest BCUT2D eigenvalue weighted by Gasteiger charge is 2.38. The molecule has 0 aromatic carbocycles. The van der Waals surface area contributed by atoms with Gasteiger partial charge in [-0.05, 0) is 25.3 Å². The fraction of sp³-hybridized carbons (Fsp3) is 1.00. The van der Waals surface area contributed by atoms with E-state index in [0.29, 0.717) is 19.6 Å². The van der Waals surface area contributed by atoms with Gasteiger partial charge in [0.15, 0.2) is 0 Å². The third-order valence-corrected chi connectivity index (χ3v) is 5.25. The number of nitrogens with zero attached hydrogens (tertiary/aromatic N) is 1. The van der Waals surface area contributed by atoms with E-state index < -0.39 is 10.0 Å². The van der Waals surface area contributed by atoms with Gasteiger partial charge in [-0.2, -0.15) is 0 Å². The van der Waals surface area contributed by atoms with E-state index >= 15 is 0 Å². The van der Waals surface area contributed by atoms with Crippen LogP contribution in [0.2, 0.25) is 0 Å². The number of nitrogens with two attached hydrogens (primary N) is 1. The number of hydrogen-bond acceptors (Lipinski definition) is 4. The smallest absolute Gasteiger partial charge is 0.216 e. The van der Waals surface area contributed by atoms with E-state index in [1.54, 1.807) is 6.92 Å². The third-order valence-electron chi connectivity index (χ3n) is 3.26. The first kappa shape index (κ1) is 17.1. The molecule has 0 bridgehead atoms. The highest BCUT2D eigenvalue weighted by molar-refractivity contribution is 7.89. The Morgan fingerprint density at radius 2 is 2.12 bits per heavy atom. The molecule has 1 rings (SSSR count). The molecule has 104 valence electrons. The van der Waals surface area contributed by atoms with Crippen molar-refractivity contribution in [3.8, 4) is 0 Å². The van der Waals surface area contributed by atoms with E-state index in [2.05, 4.69) is 0 Å². The molecule has 0 aromatic heterocycles. The lowest BCUT2D eigenvalue weighted by Crippen LogP contribution is -2.38. The number of rotatable bonds is 5. The maximum absolute atomic E-state index is 12.0. The van der Waals surface area contributed by atoms with Crippen LogP contribution in [0.3, 0.4) is 0 Å². The summed E-state index contributed by atoms with van der Waals surface area (Å²) in [4.78, 5) is 0. The molecule has 1 fully saturated rings. The molecule has 5 nitrogen and oxygen atoms in total. The van der Waals surface area contributed by atoms with E-state index in [1.807, 2.05) is 6.92 Å². The number of methoxy groups -OCH3 is 1. The summed E-state index contributed by atoms with van der Waals surface area (Å²) in [6, 6.07) is 0. The van der Waals surface area contributed by atoms with Crippen LogP contribution < -0.4 is 5.73 Å². The van der Waals surface area contributed by atoms with Gasteiger partial charge in [0, 0.05) is 20.2 Å². The lowest BCUT2D eigenvalue weighted by molar-refractivity contribution is 0.135. The predicted octanol–water partition coefficient (Wildman–Crippen LogP) is 0.444. The second kappa shape index (κ2) is 6.33. The molecule has 0 amide bonds. The van der Waals surface area contributed by atoms with Crippen LogP contribution in [0.5, 0.6) is 0 Å². The Morgan fingerprint density at radius 3 is 2.53 bits per heavy atom. The zero-order valence-electron chi connectivity index (χ0n) is 10.7. The molecule has 2 N–H and O–H groups in total. The Kier molecular flexibility index (Phi) is 6.38. The van der Waals surface area contributed by atoms with Crippen LogP contribution in [0.1, 0.15) is 20.3 Å². The number of halogens is 1. The molecule has 1 aliphatic heterocycles. The standard InChI is InChI=1S/C10H22N2O3S.ClH/c1-9(15-3)6-16(13,14)12-5-4-10(2,7-11)8-12;/h9H,4-8,11H2,1-3H3;1H. The molecule has 2 unspecified atom stereocenters. The fourth-order valence-electron chi connectivity index (χ4n) is 1.85. The summed E-state index contributed by atoms with van der Waals surface area (Å²) in [5.74, 6) is 0.0458. The molecule has 17 heavy (non-hydrogen) atoms. The van der Waals surface area contributed by atoms with Gasteiger partial charge in [-0.1, -0.05) is 6.92 Å². The molecule has 1 aliphatic rings. The Morgan fingerprint density at radius 1 is 1.53 bits per heavy atom. The van der Waals surface area contributed by atoms with E-state index in [1.165, 1.54) is 11.4 Å². The monoisotopic (exact) mass is 286 g/mol. The van der Waals surface area contributed by atoms with Crippen molar-refractivity contribution in [3.05, 3.63) is 0 Å². The van der Waals surface area contributed by atoms with Crippen molar-refractivity contribution in [3.63, 3.8) is 0 Å². The van der Waals surface area contributed by atoms with Crippen LogP contribution >= 0.6 is 12.4 Å². The molecule has 1 heterocycles. The number of ether oxygens (including phenoxy) is 1. The van der Waals surface area contributed by atoms with Gasteiger partial charge in [0.05, 0.1) is 11.9 Å². The summed E-state index contributed by atoms with van der Waals surface area (Å²) < 4.78 is 30.6. The minimum Gasteiger partial charge on any atom is -0.381 e. The second-order valence-corrected chi connectivity index (χ2v) is 6.94. The van der Waals surface area contributed by atoms with Crippen LogP contribution in [-0.2, 0) is 14.8 Å². The van der Waals surface area contributed by atoms with Crippen molar-refractivity contribution in [2.45, 2.75) is 26.4 Å². The Balaban J connectivity index is 0.00000256. The first-order valence-electron chi connectivity index (χ1n) is 5.54. The zero-order chi connectivity index (χ0) is 12.4. The van der Waals surface area contributed by atoms with Gasteiger partial charge in [-0.15, -0.1) is 12.4 Å². The van der Waals surface area contributed by atoms with E-state index in [9.17, 15) is 8.42 Å². The first-order valence-corrected chi connectivity index (χ1v) is 7.14. The average molecular weight is 287 g/mol. The molecular formula is C10H23ClN2O3S. The minimum absolute atomic E-state index is 0. The van der Waals surface area contributed by atoms with E-state index in [-0.39, 0.29) is 29.7 Å².